The SMILES string of the molecule is CCCCCN(C(C)C)C(CN)C1CCCCCC1. The van der Waals surface area contributed by atoms with Crippen LogP contribution in [-0.2, 0) is 0 Å². The van der Waals surface area contributed by atoms with Crippen molar-refractivity contribution in [3.05, 3.63) is 0 Å². The predicted molar refractivity (Wildman–Crippen MR) is 85.4 cm³/mol. The quantitative estimate of drug-likeness (QED) is 0.528. The summed E-state index contributed by atoms with van der Waals surface area (Å²) in [6.45, 7) is 9.04. The van der Waals surface area contributed by atoms with Crippen molar-refractivity contribution in [3.63, 3.8) is 0 Å². The maximum absolute atomic E-state index is 6.16. The number of hydrogen-bond donors (Lipinski definition) is 1. The number of nitrogens with two attached hydrogens (primary N) is 1. The van der Waals surface area contributed by atoms with Crippen LogP contribution in [-0.4, -0.2) is 30.1 Å². The summed E-state index contributed by atoms with van der Waals surface area (Å²) in [5.41, 5.74) is 6.16. The predicted octanol–water partition coefficient (Wildman–Crippen LogP) is 4.18. The van der Waals surface area contributed by atoms with Crippen LogP contribution in [0.1, 0.15) is 78.6 Å². The molecule has 1 saturated carbocycles. The topological polar surface area (TPSA) is 29.3 Å². The Bertz CT molecular complexity index is 207. The Morgan fingerprint density at radius 2 is 1.68 bits per heavy atom. The molecule has 0 aromatic heterocycles. The van der Waals surface area contributed by atoms with Crippen molar-refractivity contribution in [3.8, 4) is 0 Å². The summed E-state index contributed by atoms with van der Waals surface area (Å²) in [4.78, 5) is 2.70. The van der Waals surface area contributed by atoms with Crippen molar-refractivity contribution in [2.45, 2.75) is 90.6 Å². The third-order valence-electron chi connectivity index (χ3n) is 4.79. The normalized spacial score (nSPS) is 19.9. The second-order valence-electron chi connectivity index (χ2n) is 6.59. The van der Waals surface area contributed by atoms with Gasteiger partial charge >= 0.3 is 0 Å². The van der Waals surface area contributed by atoms with E-state index in [1.54, 1.807) is 0 Å². The second kappa shape index (κ2) is 9.77. The van der Waals surface area contributed by atoms with Gasteiger partial charge in [-0.15, -0.1) is 0 Å². The molecule has 0 saturated heterocycles. The molecule has 1 rings (SSSR count). The van der Waals surface area contributed by atoms with Crippen molar-refractivity contribution < 1.29 is 0 Å². The third-order valence-corrected chi connectivity index (χ3v) is 4.79. The van der Waals surface area contributed by atoms with E-state index < -0.39 is 0 Å². The molecule has 0 aliphatic heterocycles. The van der Waals surface area contributed by atoms with Crippen LogP contribution < -0.4 is 5.73 Å². The molecular formula is C17H36N2. The largest absolute Gasteiger partial charge is 0.329 e. The molecule has 19 heavy (non-hydrogen) atoms. The molecule has 0 amide bonds. The Balaban J connectivity index is 2.59. The highest BCUT2D eigenvalue weighted by molar-refractivity contribution is 4.83. The molecule has 2 nitrogen and oxygen atoms in total. The van der Waals surface area contributed by atoms with Gasteiger partial charge in [0.2, 0.25) is 0 Å². The van der Waals surface area contributed by atoms with Crippen LogP contribution in [0, 0.1) is 5.92 Å². The minimum atomic E-state index is 0.620. The first kappa shape index (κ1) is 17.0. The van der Waals surface area contributed by atoms with Crippen molar-refractivity contribution in [1.82, 2.24) is 4.90 Å². The molecule has 114 valence electrons. The Morgan fingerprint density at radius 3 is 2.16 bits per heavy atom. The fourth-order valence-electron chi connectivity index (χ4n) is 3.65. The fourth-order valence-corrected chi connectivity index (χ4v) is 3.65. The zero-order chi connectivity index (χ0) is 14.1. The lowest BCUT2D eigenvalue weighted by atomic mass is 9.89. The molecule has 1 unspecified atom stereocenters. The molecule has 0 aromatic rings. The van der Waals surface area contributed by atoms with E-state index in [1.165, 1.54) is 64.3 Å². The second-order valence-corrected chi connectivity index (χ2v) is 6.59. The van der Waals surface area contributed by atoms with Gasteiger partial charge in [-0.25, -0.2) is 0 Å². The maximum Gasteiger partial charge on any atom is 0.0249 e. The molecule has 0 bridgehead atoms. The lowest BCUT2D eigenvalue weighted by molar-refractivity contribution is 0.101. The van der Waals surface area contributed by atoms with E-state index in [-0.39, 0.29) is 0 Å². The van der Waals surface area contributed by atoms with Crippen LogP contribution in [0.2, 0.25) is 0 Å². The highest BCUT2D eigenvalue weighted by atomic mass is 15.2. The molecule has 2 N–H and O–H groups in total. The van der Waals surface area contributed by atoms with E-state index in [2.05, 4.69) is 25.7 Å². The monoisotopic (exact) mass is 268 g/mol. The first-order valence-corrected chi connectivity index (χ1v) is 8.66. The van der Waals surface area contributed by atoms with E-state index in [0.717, 1.165) is 12.5 Å². The van der Waals surface area contributed by atoms with E-state index in [4.69, 9.17) is 5.73 Å². The standard InChI is InChI=1S/C17H36N2/c1-4-5-10-13-19(15(2)3)17(14-18)16-11-8-6-7-9-12-16/h15-17H,4-14,18H2,1-3H3. The smallest absolute Gasteiger partial charge is 0.0249 e. The molecule has 0 aromatic carbocycles. The molecule has 1 aliphatic rings. The van der Waals surface area contributed by atoms with E-state index in [0.29, 0.717) is 12.1 Å². The van der Waals surface area contributed by atoms with Gasteiger partial charge in [-0.1, -0.05) is 45.4 Å². The van der Waals surface area contributed by atoms with Gasteiger partial charge in [-0.05, 0) is 45.6 Å². The molecule has 0 radical (unpaired) electrons. The van der Waals surface area contributed by atoms with E-state index in [9.17, 15) is 0 Å². The summed E-state index contributed by atoms with van der Waals surface area (Å²) < 4.78 is 0. The number of nitrogens with zero attached hydrogens (tertiary/aromatic N) is 1. The minimum absolute atomic E-state index is 0.620. The molecule has 1 aliphatic carbocycles. The highest BCUT2D eigenvalue weighted by Crippen LogP contribution is 2.29. The molecule has 2 heteroatoms. The molecule has 0 spiro atoms. The summed E-state index contributed by atoms with van der Waals surface area (Å²) in [5.74, 6) is 0.844. The summed E-state index contributed by atoms with van der Waals surface area (Å²) >= 11 is 0. The zero-order valence-electron chi connectivity index (χ0n) is 13.5. The summed E-state index contributed by atoms with van der Waals surface area (Å²) in [7, 11) is 0. The van der Waals surface area contributed by atoms with Crippen molar-refractivity contribution in [1.29, 1.82) is 0 Å². The van der Waals surface area contributed by atoms with Crippen LogP contribution in [0.25, 0.3) is 0 Å². The van der Waals surface area contributed by atoms with Gasteiger partial charge in [0.15, 0.2) is 0 Å². The van der Waals surface area contributed by atoms with Crippen molar-refractivity contribution >= 4 is 0 Å². The van der Waals surface area contributed by atoms with E-state index in [1.807, 2.05) is 0 Å². The van der Waals surface area contributed by atoms with Gasteiger partial charge in [0.1, 0.15) is 0 Å². The molecule has 1 fully saturated rings. The average Bonchev–Trinajstić information content (AvgIpc) is 2.67. The van der Waals surface area contributed by atoms with Crippen LogP contribution in [0.15, 0.2) is 0 Å². The summed E-state index contributed by atoms with van der Waals surface area (Å²) in [5, 5.41) is 0. The minimum Gasteiger partial charge on any atom is -0.329 e. The van der Waals surface area contributed by atoms with E-state index >= 15 is 0 Å². The molecule has 1 atom stereocenters. The number of rotatable bonds is 8. The zero-order valence-corrected chi connectivity index (χ0v) is 13.5. The Labute approximate surface area is 121 Å². The lowest BCUT2D eigenvalue weighted by Crippen LogP contribution is -2.49. The highest BCUT2D eigenvalue weighted by Gasteiger charge is 2.28. The number of unbranched alkanes of at least 4 members (excludes halogenated alkanes) is 2. The summed E-state index contributed by atoms with van der Waals surface area (Å²) in [6, 6.07) is 1.25. The molecular weight excluding hydrogens is 232 g/mol. The van der Waals surface area contributed by atoms with Gasteiger partial charge in [0.25, 0.3) is 0 Å². The van der Waals surface area contributed by atoms with Gasteiger partial charge in [0.05, 0.1) is 0 Å². The lowest BCUT2D eigenvalue weighted by Gasteiger charge is -2.39. The van der Waals surface area contributed by atoms with Crippen LogP contribution in [0.3, 0.4) is 0 Å². The van der Waals surface area contributed by atoms with Crippen LogP contribution in [0.5, 0.6) is 0 Å². The summed E-state index contributed by atoms with van der Waals surface area (Å²) in [6.07, 6.45) is 12.5. The third kappa shape index (κ3) is 5.83. The Kier molecular flexibility index (Phi) is 8.72. The van der Waals surface area contributed by atoms with Gasteiger partial charge in [-0.3, -0.25) is 4.90 Å². The van der Waals surface area contributed by atoms with Gasteiger partial charge < -0.3 is 5.73 Å². The fraction of sp³-hybridized carbons (Fsp3) is 1.00. The maximum atomic E-state index is 6.16. The molecule has 0 heterocycles. The Morgan fingerprint density at radius 1 is 1.05 bits per heavy atom. The van der Waals surface area contributed by atoms with Crippen molar-refractivity contribution in [2.24, 2.45) is 11.7 Å². The van der Waals surface area contributed by atoms with Gasteiger partial charge in [0, 0.05) is 18.6 Å². The van der Waals surface area contributed by atoms with Crippen LogP contribution in [0.4, 0.5) is 0 Å². The Hall–Kier alpha value is -0.0800. The first-order chi connectivity index (χ1) is 9.20. The average molecular weight is 268 g/mol. The van der Waals surface area contributed by atoms with Crippen LogP contribution >= 0.6 is 0 Å². The van der Waals surface area contributed by atoms with Gasteiger partial charge in [-0.2, -0.15) is 0 Å². The van der Waals surface area contributed by atoms with Crippen molar-refractivity contribution in [2.75, 3.05) is 13.1 Å². The first-order valence-electron chi connectivity index (χ1n) is 8.66. The number of hydrogen-bond acceptors (Lipinski definition) is 2.